The normalized spacial score (nSPS) is 10.2. The topological polar surface area (TPSA) is 103 Å². The molecule has 1 aromatic carbocycles. The van der Waals surface area contributed by atoms with Gasteiger partial charge in [0.2, 0.25) is 5.88 Å². The first kappa shape index (κ1) is 14.4. The highest BCUT2D eigenvalue weighted by atomic mass is 16.6. The highest BCUT2D eigenvalue weighted by Crippen LogP contribution is 2.28. The van der Waals surface area contributed by atoms with Gasteiger partial charge in [-0.2, -0.15) is 0 Å². The van der Waals surface area contributed by atoms with Crippen molar-refractivity contribution in [3.05, 3.63) is 57.3 Å². The monoisotopic (exact) mass is 288 g/mol. The minimum Gasteiger partial charge on any atom is -0.478 e. The predicted molar refractivity (Wildman–Crippen MR) is 73.8 cm³/mol. The lowest BCUT2D eigenvalue weighted by atomic mass is 10.1. The van der Waals surface area contributed by atoms with Gasteiger partial charge in [-0.05, 0) is 31.5 Å². The van der Waals surface area contributed by atoms with E-state index in [2.05, 4.69) is 4.98 Å². The van der Waals surface area contributed by atoms with Crippen molar-refractivity contribution in [3.8, 4) is 11.6 Å². The molecule has 0 bridgehead atoms. The Labute approximate surface area is 120 Å². The number of carbonyl (C=O) groups is 1. The highest BCUT2D eigenvalue weighted by molar-refractivity contribution is 5.88. The molecule has 0 saturated heterocycles. The van der Waals surface area contributed by atoms with Crippen LogP contribution in [-0.2, 0) is 0 Å². The van der Waals surface area contributed by atoms with Gasteiger partial charge >= 0.3 is 5.97 Å². The molecule has 0 aliphatic carbocycles. The summed E-state index contributed by atoms with van der Waals surface area (Å²) in [7, 11) is 0. The van der Waals surface area contributed by atoms with Gasteiger partial charge in [-0.3, -0.25) is 10.1 Å². The molecule has 108 valence electrons. The number of hydrogen-bond donors (Lipinski definition) is 1. The van der Waals surface area contributed by atoms with Gasteiger partial charge in [-0.25, -0.2) is 9.78 Å². The molecule has 0 unspecified atom stereocenters. The first-order valence-electron chi connectivity index (χ1n) is 6.01. The van der Waals surface area contributed by atoms with Gasteiger partial charge in [0.05, 0.1) is 16.6 Å². The fraction of sp³-hybridized carbons (Fsp3) is 0.143. The Hall–Kier alpha value is -2.96. The molecule has 7 heteroatoms. The summed E-state index contributed by atoms with van der Waals surface area (Å²) in [6.07, 6.45) is 1.34. The van der Waals surface area contributed by atoms with E-state index in [1.165, 1.54) is 24.4 Å². The third-order valence-corrected chi connectivity index (χ3v) is 2.90. The molecule has 0 amide bonds. The maximum atomic E-state index is 10.9. The standard InChI is InChI=1S/C14H12N2O5/c1-8-3-4-10(14(17)18)5-12(8)21-13-6-11(16(19)20)9(2)7-15-13/h3-7H,1-2H3,(H,17,18). The number of carboxylic acids is 1. The van der Waals surface area contributed by atoms with E-state index in [1.54, 1.807) is 19.9 Å². The summed E-state index contributed by atoms with van der Waals surface area (Å²) in [6, 6.07) is 5.62. The summed E-state index contributed by atoms with van der Waals surface area (Å²) in [6.45, 7) is 3.31. The fourth-order valence-electron chi connectivity index (χ4n) is 1.70. The van der Waals surface area contributed by atoms with E-state index >= 15 is 0 Å². The minimum absolute atomic E-state index is 0.0398. The van der Waals surface area contributed by atoms with Crippen molar-refractivity contribution in [2.75, 3.05) is 0 Å². The van der Waals surface area contributed by atoms with Gasteiger partial charge in [0.25, 0.3) is 5.69 Å². The second-order valence-corrected chi connectivity index (χ2v) is 4.45. The van der Waals surface area contributed by atoms with Gasteiger partial charge in [0.1, 0.15) is 5.75 Å². The molecular weight excluding hydrogens is 276 g/mol. The van der Waals surface area contributed by atoms with E-state index in [4.69, 9.17) is 9.84 Å². The number of hydrogen-bond acceptors (Lipinski definition) is 5. The first-order valence-corrected chi connectivity index (χ1v) is 6.01. The van der Waals surface area contributed by atoms with Crippen molar-refractivity contribution < 1.29 is 19.6 Å². The van der Waals surface area contributed by atoms with Crippen LogP contribution < -0.4 is 4.74 Å². The summed E-state index contributed by atoms with van der Waals surface area (Å²) >= 11 is 0. The lowest BCUT2D eigenvalue weighted by molar-refractivity contribution is -0.385. The molecule has 1 heterocycles. The Balaban J connectivity index is 2.38. The van der Waals surface area contributed by atoms with Crippen molar-refractivity contribution >= 4 is 11.7 Å². The molecular formula is C14H12N2O5. The van der Waals surface area contributed by atoms with E-state index in [-0.39, 0.29) is 17.1 Å². The lowest BCUT2D eigenvalue weighted by Gasteiger charge is -2.09. The molecule has 1 aromatic heterocycles. The molecule has 0 saturated carbocycles. The summed E-state index contributed by atoms with van der Waals surface area (Å²) in [5.41, 5.74) is 1.08. The number of aromatic carboxylic acids is 1. The van der Waals surface area contributed by atoms with Crippen molar-refractivity contribution in [1.29, 1.82) is 0 Å². The number of nitrogens with zero attached hydrogens (tertiary/aromatic N) is 2. The second-order valence-electron chi connectivity index (χ2n) is 4.45. The number of carboxylic acid groups (broad SMARTS) is 1. The van der Waals surface area contributed by atoms with Crippen LogP contribution in [0.3, 0.4) is 0 Å². The predicted octanol–water partition coefficient (Wildman–Crippen LogP) is 3.10. The molecule has 2 aromatic rings. The van der Waals surface area contributed by atoms with E-state index in [1.807, 2.05) is 0 Å². The largest absolute Gasteiger partial charge is 0.478 e. The quantitative estimate of drug-likeness (QED) is 0.685. The molecule has 0 atom stereocenters. The molecule has 7 nitrogen and oxygen atoms in total. The van der Waals surface area contributed by atoms with Crippen molar-refractivity contribution in [3.63, 3.8) is 0 Å². The van der Waals surface area contributed by atoms with Crippen molar-refractivity contribution in [2.24, 2.45) is 0 Å². The fourth-order valence-corrected chi connectivity index (χ4v) is 1.70. The molecule has 0 radical (unpaired) electrons. The summed E-state index contributed by atoms with van der Waals surface area (Å²) in [4.78, 5) is 25.3. The molecule has 1 N–H and O–H groups in total. The van der Waals surface area contributed by atoms with Crippen LogP contribution in [0.1, 0.15) is 21.5 Å². The van der Waals surface area contributed by atoms with Crippen LogP contribution in [-0.4, -0.2) is 21.0 Å². The maximum absolute atomic E-state index is 10.9. The average Bonchev–Trinajstić information content (AvgIpc) is 2.42. The third-order valence-electron chi connectivity index (χ3n) is 2.90. The Kier molecular flexibility index (Phi) is 3.84. The molecule has 0 fully saturated rings. The summed E-state index contributed by atoms with van der Waals surface area (Å²) in [5.74, 6) is -0.749. The van der Waals surface area contributed by atoms with Gasteiger partial charge in [-0.1, -0.05) is 6.07 Å². The molecule has 0 aliphatic heterocycles. The SMILES string of the molecule is Cc1ccc(C(=O)O)cc1Oc1cc([N+](=O)[O-])c(C)cn1. The van der Waals surface area contributed by atoms with Gasteiger partial charge in [-0.15, -0.1) is 0 Å². The molecule has 21 heavy (non-hydrogen) atoms. The lowest BCUT2D eigenvalue weighted by Crippen LogP contribution is -1.99. The number of nitro groups is 1. The molecule has 0 aliphatic rings. The van der Waals surface area contributed by atoms with Crippen LogP contribution >= 0.6 is 0 Å². The summed E-state index contributed by atoms with van der Waals surface area (Å²) < 4.78 is 5.47. The Morgan fingerprint density at radius 3 is 2.62 bits per heavy atom. The van der Waals surface area contributed by atoms with Crippen LogP contribution in [0, 0.1) is 24.0 Å². The zero-order valence-corrected chi connectivity index (χ0v) is 11.4. The van der Waals surface area contributed by atoms with Crippen LogP contribution in [0.15, 0.2) is 30.5 Å². The smallest absolute Gasteiger partial charge is 0.335 e. The number of aryl methyl sites for hydroxylation is 2. The zero-order chi connectivity index (χ0) is 15.6. The second kappa shape index (κ2) is 5.58. The van der Waals surface area contributed by atoms with Crippen LogP contribution in [0.5, 0.6) is 11.6 Å². The van der Waals surface area contributed by atoms with Crippen LogP contribution in [0.25, 0.3) is 0 Å². The van der Waals surface area contributed by atoms with Crippen molar-refractivity contribution in [1.82, 2.24) is 4.98 Å². The van der Waals surface area contributed by atoms with E-state index < -0.39 is 10.9 Å². The Morgan fingerprint density at radius 1 is 1.29 bits per heavy atom. The molecule has 2 rings (SSSR count). The summed E-state index contributed by atoms with van der Waals surface area (Å²) in [5, 5.41) is 19.8. The number of benzene rings is 1. The number of pyridine rings is 1. The third kappa shape index (κ3) is 3.14. The van der Waals surface area contributed by atoms with Gasteiger partial charge in [0, 0.05) is 11.8 Å². The first-order chi connectivity index (χ1) is 9.88. The maximum Gasteiger partial charge on any atom is 0.335 e. The number of ether oxygens (including phenoxy) is 1. The van der Waals surface area contributed by atoms with Gasteiger partial charge in [0.15, 0.2) is 0 Å². The zero-order valence-electron chi connectivity index (χ0n) is 11.4. The van der Waals surface area contributed by atoms with Crippen molar-refractivity contribution in [2.45, 2.75) is 13.8 Å². The number of rotatable bonds is 4. The van der Waals surface area contributed by atoms with E-state index in [0.29, 0.717) is 16.9 Å². The Bertz CT molecular complexity index is 727. The van der Waals surface area contributed by atoms with E-state index in [0.717, 1.165) is 0 Å². The Morgan fingerprint density at radius 2 is 2.00 bits per heavy atom. The highest BCUT2D eigenvalue weighted by Gasteiger charge is 2.14. The van der Waals surface area contributed by atoms with Crippen LogP contribution in [0.2, 0.25) is 0 Å². The number of aromatic nitrogens is 1. The minimum atomic E-state index is -1.08. The van der Waals surface area contributed by atoms with Gasteiger partial charge < -0.3 is 9.84 Å². The molecule has 0 spiro atoms. The van der Waals surface area contributed by atoms with Crippen LogP contribution in [0.4, 0.5) is 5.69 Å². The van der Waals surface area contributed by atoms with E-state index in [9.17, 15) is 14.9 Å². The average molecular weight is 288 g/mol.